The number of hydrogen-bond donors (Lipinski definition) is 1. The lowest BCUT2D eigenvalue weighted by atomic mass is 10.1. The highest BCUT2D eigenvalue weighted by Gasteiger charge is 2.32. The van der Waals surface area contributed by atoms with Crippen molar-refractivity contribution in [2.24, 2.45) is 5.92 Å². The van der Waals surface area contributed by atoms with Crippen LogP contribution < -0.4 is 0 Å². The van der Waals surface area contributed by atoms with Gasteiger partial charge in [-0.2, -0.15) is 8.78 Å². The zero-order chi connectivity index (χ0) is 14.7. The van der Waals surface area contributed by atoms with Crippen LogP contribution in [-0.2, 0) is 10.5 Å². The van der Waals surface area contributed by atoms with Crippen molar-refractivity contribution in [1.29, 1.82) is 0 Å². The molecule has 8 heteroatoms. The third-order valence-corrected chi connectivity index (χ3v) is 3.75. The molecule has 1 aromatic heterocycles. The van der Waals surface area contributed by atoms with Crippen molar-refractivity contribution in [2.75, 3.05) is 13.1 Å². The highest BCUT2D eigenvalue weighted by Crippen LogP contribution is 2.23. The van der Waals surface area contributed by atoms with Gasteiger partial charge in [0.25, 0.3) is 11.7 Å². The zero-order valence-corrected chi connectivity index (χ0v) is 11.2. The molecule has 0 saturated carbocycles. The van der Waals surface area contributed by atoms with Crippen molar-refractivity contribution < 1.29 is 27.9 Å². The van der Waals surface area contributed by atoms with Crippen LogP contribution in [0.1, 0.15) is 22.7 Å². The summed E-state index contributed by atoms with van der Waals surface area (Å²) >= 11 is 0.416. The van der Waals surface area contributed by atoms with E-state index in [1.54, 1.807) is 0 Å². The molecule has 1 N–H and O–H groups in total. The number of amides is 1. The first kappa shape index (κ1) is 14.8. The molecule has 20 heavy (non-hydrogen) atoms. The van der Waals surface area contributed by atoms with Gasteiger partial charge in [0.2, 0.25) is 0 Å². The maximum atomic E-state index is 12.1. The van der Waals surface area contributed by atoms with E-state index >= 15 is 0 Å². The molecule has 1 fully saturated rings. The number of carbonyl (C=O) groups excluding carboxylic acids is 1. The number of carbonyl (C=O) groups is 2. The molecule has 110 valence electrons. The summed E-state index contributed by atoms with van der Waals surface area (Å²) < 4.78 is 29.3. The fourth-order valence-electron chi connectivity index (χ4n) is 2.02. The summed E-state index contributed by atoms with van der Waals surface area (Å²) in [6.45, 7) is 0.508. The number of halogens is 2. The number of furan rings is 1. The van der Waals surface area contributed by atoms with Gasteiger partial charge < -0.3 is 14.4 Å². The molecule has 0 spiro atoms. The summed E-state index contributed by atoms with van der Waals surface area (Å²) in [7, 11) is 0. The number of likely N-dealkylation sites (tertiary alicyclic amines) is 1. The molecule has 1 amide bonds. The van der Waals surface area contributed by atoms with E-state index in [9.17, 15) is 18.4 Å². The Balaban J connectivity index is 1.95. The second-order valence-electron chi connectivity index (χ2n) is 4.41. The Hall–Kier alpha value is -1.57. The first-order chi connectivity index (χ1) is 9.47. The van der Waals surface area contributed by atoms with Crippen LogP contribution in [0.5, 0.6) is 0 Å². The number of aliphatic carboxylic acids is 1. The van der Waals surface area contributed by atoms with E-state index in [0.717, 1.165) is 0 Å². The van der Waals surface area contributed by atoms with Gasteiger partial charge in [0.15, 0.2) is 5.76 Å². The maximum absolute atomic E-state index is 12.1. The van der Waals surface area contributed by atoms with Crippen LogP contribution in [0, 0.1) is 5.92 Å². The fraction of sp³-hybridized carbons (Fsp3) is 0.500. The average Bonchev–Trinajstić information content (AvgIpc) is 3.05. The summed E-state index contributed by atoms with van der Waals surface area (Å²) in [5, 5.41) is 8.87. The zero-order valence-electron chi connectivity index (χ0n) is 10.4. The average molecular weight is 305 g/mol. The van der Waals surface area contributed by atoms with Crippen molar-refractivity contribution in [3.8, 4) is 0 Å². The summed E-state index contributed by atoms with van der Waals surface area (Å²) in [5.41, 5.74) is 0. The van der Waals surface area contributed by atoms with Gasteiger partial charge in [-0.15, -0.1) is 0 Å². The lowest BCUT2D eigenvalue weighted by Crippen LogP contribution is -2.29. The molecule has 1 aliphatic heterocycles. The van der Waals surface area contributed by atoms with Crippen molar-refractivity contribution in [3.05, 3.63) is 23.7 Å². The van der Waals surface area contributed by atoms with E-state index < -0.39 is 23.6 Å². The Labute approximate surface area is 117 Å². The first-order valence-corrected chi connectivity index (χ1v) is 7.03. The molecule has 1 atom stereocenters. The molecule has 5 nitrogen and oxygen atoms in total. The van der Waals surface area contributed by atoms with E-state index in [-0.39, 0.29) is 18.1 Å². The molecular weight excluding hydrogens is 292 g/mol. The molecule has 1 saturated heterocycles. The van der Waals surface area contributed by atoms with Crippen LogP contribution in [-0.4, -0.2) is 40.7 Å². The number of carboxylic acid groups (broad SMARTS) is 1. The number of hydrogen-bond acceptors (Lipinski definition) is 4. The molecule has 0 bridgehead atoms. The highest BCUT2D eigenvalue weighted by atomic mass is 32.2. The lowest BCUT2D eigenvalue weighted by Gasteiger charge is -2.13. The Morgan fingerprint density at radius 2 is 2.25 bits per heavy atom. The van der Waals surface area contributed by atoms with Crippen LogP contribution in [0.4, 0.5) is 8.78 Å². The normalized spacial score (nSPS) is 18.8. The van der Waals surface area contributed by atoms with Gasteiger partial charge in [-0.1, -0.05) is 11.8 Å². The van der Waals surface area contributed by atoms with Gasteiger partial charge in [-0.05, 0) is 18.6 Å². The molecule has 0 aromatic carbocycles. The topological polar surface area (TPSA) is 70.8 Å². The quantitative estimate of drug-likeness (QED) is 0.903. The van der Waals surface area contributed by atoms with Crippen LogP contribution in [0.3, 0.4) is 0 Å². The molecule has 1 aliphatic rings. The van der Waals surface area contributed by atoms with Crippen LogP contribution in [0.2, 0.25) is 0 Å². The Bertz CT molecular complexity index is 505. The Kier molecular flexibility index (Phi) is 4.64. The van der Waals surface area contributed by atoms with E-state index in [1.807, 2.05) is 0 Å². The number of carboxylic acids is 1. The molecule has 1 aromatic rings. The second-order valence-corrected chi connectivity index (χ2v) is 5.39. The monoisotopic (exact) mass is 305 g/mol. The minimum Gasteiger partial charge on any atom is -0.481 e. The van der Waals surface area contributed by atoms with Gasteiger partial charge in [0.05, 0.1) is 11.7 Å². The van der Waals surface area contributed by atoms with Gasteiger partial charge in [-0.25, -0.2) is 0 Å². The van der Waals surface area contributed by atoms with Crippen LogP contribution in [0.15, 0.2) is 16.5 Å². The minimum atomic E-state index is -2.49. The first-order valence-electron chi connectivity index (χ1n) is 5.98. The molecule has 1 unspecified atom stereocenters. The summed E-state index contributed by atoms with van der Waals surface area (Å²) in [6.07, 6.45) is 0.413. The maximum Gasteiger partial charge on any atom is 0.308 e. The molecule has 2 rings (SSSR count). The van der Waals surface area contributed by atoms with Gasteiger partial charge in [0.1, 0.15) is 5.76 Å². The number of thioether (sulfide) groups is 1. The molecule has 0 aliphatic carbocycles. The molecule has 2 heterocycles. The number of nitrogens with zero attached hydrogens (tertiary/aromatic N) is 1. The SMILES string of the molecule is O=C(O)C1CCN(C(=O)c2ccc(CSC(F)F)o2)C1. The van der Waals surface area contributed by atoms with E-state index in [4.69, 9.17) is 9.52 Å². The summed E-state index contributed by atoms with van der Waals surface area (Å²) in [6, 6.07) is 2.91. The van der Waals surface area contributed by atoms with E-state index in [0.29, 0.717) is 30.5 Å². The third kappa shape index (κ3) is 3.50. The number of rotatable bonds is 5. The Morgan fingerprint density at radius 3 is 2.85 bits per heavy atom. The summed E-state index contributed by atoms with van der Waals surface area (Å²) in [4.78, 5) is 24.3. The van der Waals surface area contributed by atoms with Gasteiger partial charge >= 0.3 is 5.97 Å². The fourth-order valence-corrected chi connectivity index (χ4v) is 2.46. The summed E-state index contributed by atoms with van der Waals surface area (Å²) in [5.74, 6) is -4.02. The predicted octanol–water partition coefficient (Wildman–Crippen LogP) is 2.28. The van der Waals surface area contributed by atoms with Crippen molar-refractivity contribution in [3.63, 3.8) is 0 Å². The van der Waals surface area contributed by atoms with E-state index in [1.165, 1.54) is 17.0 Å². The van der Waals surface area contributed by atoms with Gasteiger partial charge in [0, 0.05) is 13.1 Å². The smallest absolute Gasteiger partial charge is 0.308 e. The van der Waals surface area contributed by atoms with Crippen molar-refractivity contribution in [2.45, 2.75) is 17.9 Å². The number of alkyl halides is 2. The lowest BCUT2D eigenvalue weighted by molar-refractivity contribution is -0.141. The highest BCUT2D eigenvalue weighted by molar-refractivity contribution is 7.98. The largest absolute Gasteiger partial charge is 0.481 e. The third-order valence-electron chi connectivity index (χ3n) is 3.05. The molecular formula is C12H13F2NO4S. The second kappa shape index (κ2) is 6.25. The predicted molar refractivity (Wildman–Crippen MR) is 67.7 cm³/mol. The van der Waals surface area contributed by atoms with E-state index in [2.05, 4.69) is 0 Å². The van der Waals surface area contributed by atoms with Crippen molar-refractivity contribution in [1.82, 2.24) is 4.90 Å². The standard InChI is InChI=1S/C12H13F2NO4S/c13-12(14)20-6-8-1-2-9(19-8)10(16)15-4-3-7(5-15)11(17)18/h1-2,7,12H,3-6H2,(H,17,18). The Morgan fingerprint density at radius 1 is 1.50 bits per heavy atom. The van der Waals surface area contributed by atoms with Gasteiger partial charge in [-0.3, -0.25) is 9.59 Å². The van der Waals surface area contributed by atoms with Crippen LogP contribution >= 0.6 is 11.8 Å². The van der Waals surface area contributed by atoms with Crippen molar-refractivity contribution >= 4 is 23.6 Å². The minimum absolute atomic E-state index is 0.0112. The molecule has 0 radical (unpaired) electrons. The van der Waals surface area contributed by atoms with Crippen LogP contribution in [0.25, 0.3) is 0 Å².